The lowest BCUT2D eigenvalue weighted by atomic mass is 10.1. The van der Waals surface area contributed by atoms with E-state index >= 15 is 0 Å². The Kier molecular flexibility index (Phi) is 11.1. The molecule has 5 nitrogen and oxygen atoms in total. The van der Waals surface area contributed by atoms with E-state index in [0.717, 1.165) is 44.0 Å². The normalized spacial score (nSPS) is 14.6. The summed E-state index contributed by atoms with van der Waals surface area (Å²) in [4.78, 5) is 12.4. The highest BCUT2D eigenvalue weighted by Gasteiger charge is 2.21. The van der Waals surface area contributed by atoms with Crippen LogP contribution in [0.15, 0.2) is 48.5 Å². The number of esters is 1. The van der Waals surface area contributed by atoms with Gasteiger partial charge in [0, 0.05) is 0 Å². The van der Waals surface area contributed by atoms with E-state index in [1.54, 1.807) is 36.4 Å². The molecule has 2 aromatic carbocycles. The van der Waals surface area contributed by atoms with Gasteiger partial charge in [-0.1, -0.05) is 51.9 Å². The van der Waals surface area contributed by atoms with Gasteiger partial charge in [-0.15, -0.1) is 0 Å². The Hall–Kier alpha value is -2.53. The highest BCUT2D eigenvalue weighted by atomic mass is 16.6. The molecule has 5 heteroatoms. The maximum Gasteiger partial charge on any atom is 0.343 e. The van der Waals surface area contributed by atoms with Crippen molar-refractivity contribution < 1.29 is 23.7 Å². The molecule has 0 aromatic heterocycles. The van der Waals surface area contributed by atoms with Crippen LogP contribution in [0.25, 0.3) is 0 Å². The number of epoxide rings is 1. The molecule has 1 heterocycles. The predicted octanol–water partition coefficient (Wildman–Crippen LogP) is 6.98. The maximum atomic E-state index is 12.4. The van der Waals surface area contributed by atoms with E-state index in [1.165, 1.54) is 44.9 Å². The van der Waals surface area contributed by atoms with Crippen LogP contribution in [-0.4, -0.2) is 31.9 Å². The molecule has 33 heavy (non-hydrogen) atoms. The number of carbonyl (C=O) groups excluding carboxylic acids is 1. The van der Waals surface area contributed by atoms with Crippen LogP contribution in [0.4, 0.5) is 0 Å². The Morgan fingerprint density at radius 2 is 1.27 bits per heavy atom. The molecule has 0 radical (unpaired) electrons. The van der Waals surface area contributed by atoms with Crippen LogP contribution in [0, 0.1) is 0 Å². The quantitative estimate of drug-likeness (QED) is 0.112. The smallest absolute Gasteiger partial charge is 0.343 e. The third-order valence-corrected chi connectivity index (χ3v) is 5.73. The number of benzene rings is 2. The number of ether oxygens (including phenoxy) is 4. The van der Waals surface area contributed by atoms with E-state index < -0.39 is 0 Å². The summed E-state index contributed by atoms with van der Waals surface area (Å²) >= 11 is 0. The van der Waals surface area contributed by atoms with Crippen molar-refractivity contribution in [2.75, 3.05) is 19.8 Å². The maximum absolute atomic E-state index is 12.4. The standard InChI is InChI=1S/C28H38O5/c1-2-3-4-5-6-7-8-9-20-30-25-16-18-26(19-17-25)33-28(29)23-12-14-24(15-13-23)31-21-10-11-27-22-32-27/h12-19,27H,2-11,20-22H2,1H3. The minimum Gasteiger partial charge on any atom is -0.494 e. The van der Waals surface area contributed by atoms with Crippen molar-refractivity contribution in [2.24, 2.45) is 0 Å². The molecule has 180 valence electrons. The summed E-state index contributed by atoms with van der Waals surface area (Å²) in [6, 6.07) is 14.3. The van der Waals surface area contributed by atoms with Crippen LogP contribution in [0.1, 0.15) is 81.5 Å². The highest BCUT2D eigenvalue weighted by molar-refractivity contribution is 5.91. The van der Waals surface area contributed by atoms with Gasteiger partial charge in [0.15, 0.2) is 0 Å². The van der Waals surface area contributed by atoms with Crippen molar-refractivity contribution in [3.05, 3.63) is 54.1 Å². The summed E-state index contributed by atoms with van der Waals surface area (Å²) in [5.74, 6) is 1.66. The number of hydrogen-bond acceptors (Lipinski definition) is 5. The first-order chi connectivity index (χ1) is 16.2. The SMILES string of the molecule is CCCCCCCCCCOc1ccc(OC(=O)c2ccc(OCCCC3CO3)cc2)cc1. The fraction of sp³-hybridized carbons (Fsp3) is 0.536. The van der Waals surface area contributed by atoms with Gasteiger partial charge in [0.25, 0.3) is 0 Å². The molecule has 1 unspecified atom stereocenters. The van der Waals surface area contributed by atoms with E-state index in [0.29, 0.717) is 24.0 Å². The van der Waals surface area contributed by atoms with Crippen molar-refractivity contribution in [3.8, 4) is 17.2 Å². The molecule has 1 atom stereocenters. The van der Waals surface area contributed by atoms with Gasteiger partial charge in [-0.2, -0.15) is 0 Å². The van der Waals surface area contributed by atoms with Crippen molar-refractivity contribution >= 4 is 5.97 Å². The third kappa shape index (κ3) is 10.3. The number of rotatable bonds is 17. The Balaban J connectivity index is 1.29. The molecule has 0 saturated carbocycles. The van der Waals surface area contributed by atoms with Crippen LogP contribution in [0.3, 0.4) is 0 Å². The van der Waals surface area contributed by atoms with Crippen LogP contribution < -0.4 is 14.2 Å². The minimum atomic E-state index is -0.389. The second kappa shape index (κ2) is 14.6. The first-order valence-corrected chi connectivity index (χ1v) is 12.5. The molecule has 0 bridgehead atoms. The largest absolute Gasteiger partial charge is 0.494 e. The summed E-state index contributed by atoms with van der Waals surface area (Å²) in [6.45, 7) is 4.50. The summed E-state index contributed by atoms with van der Waals surface area (Å²) < 4.78 is 22.2. The van der Waals surface area contributed by atoms with Gasteiger partial charge < -0.3 is 18.9 Å². The molecule has 0 N–H and O–H groups in total. The van der Waals surface area contributed by atoms with E-state index in [9.17, 15) is 4.79 Å². The lowest BCUT2D eigenvalue weighted by Crippen LogP contribution is -2.08. The van der Waals surface area contributed by atoms with Gasteiger partial charge in [-0.3, -0.25) is 0 Å². The first kappa shape index (κ1) is 25.1. The second-order valence-electron chi connectivity index (χ2n) is 8.65. The molecule has 0 aliphatic carbocycles. The predicted molar refractivity (Wildman–Crippen MR) is 130 cm³/mol. The average Bonchev–Trinajstić information content (AvgIpc) is 3.67. The summed E-state index contributed by atoms with van der Waals surface area (Å²) in [7, 11) is 0. The van der Waals surface area contributed by atoms with Crippen molar-refractivity contribution in [3.63, 3.8) is 0 Å². The van der Waals surface area contributed by atoms with Crippen LogP contribution in [0.2, 0.25) is 0 Å². The zero-order valence-corrected chi connectivity index (χ0v) is 19.9. The first-order valence-electron chi connectivity index (χ1n) is 12.5. The van der Waals surface area contributed by atoms with E-state index in [2.05, 4.69) is 6.92 Å². The molecular formula is C28H38O5. The van der Waals surface area contributed by atoms with Crippen LogP contribution in [-0.2, 0) is 4.74 Å². The summed E-state index contributed by atoms with van der Waals surface area (Å²) in [6.07, 6.45) is 12.7. The van der Waals surface area contributed by atoms with E-state index in [4.69, 9.17) is 18.9 Å². The monoisotopic (exact) mass is 454 g/mol. The Morgan fingerprint density at radius 1 is 0.758 bits per heavy atom. The van der Waals surface area contributed by atoms with Crippen molar-refractivity contribution in [2.45, 2.75) is 77.2 Å². The molecule has 0 amide bonds. The number of hydrogen-bond donors (Lipinski definition) is 0. The number of carbonyl (C=O) groups is 1. The number of unbranched alkanes of at least 4 members (excludes halogenated alkanes) is 7. The van der Waals surface area contributed by atoms with Gasteiger partial charge in [0.1, 0.15) is 17.2 Å². The highest BCUT2D eigenvalue weighted by Crippen LogP contribution is 2.21. The summed E-state index contributed by atoms with van der Waals surface area (Å²) in [5, 5.41) is 0. The van der Waals surface area contributed by atoms with Gasteiger partial charge in [-0.25, -0.2) is 4.79 Å². The lowest BCUT2D eigenvalue weighted by molar-refractivity contribution is 0.0734. The molecule has 1 aliphatic rings. The fourth-order valence-corrected chi connectivity index (χ4v) is 3.62. The molecule has 2 aromatic rings. The van der Waals surface area contributed by atoms with Gasteiger partial charge in [0.05, 0.1) is 31.5 Å². The lowest BCUT2D eigenvalue weighted by Gasteiger charge is -2.09. The Labute approximate surface area is 198 Å². The average molecular weight is 455 g/mol. The molecular weight excluding hydrogens is 416 g/mol. The topological polar surface area (TPSA) is 57.3 Å². The zero-order valence-electron chi connectivity index (χ0n) is 19.9. The zero-order chi connectivity index (χ0) is 23.1. The van der Waals surface area contributed by atoms with E-state index in [1.807, 2.05) is 12.1 Å². The van der Waals surface area contributed by atoms with Crippen LogP contribution in [0.5, 0.6) is 17.2 Å². The second-order valence-corrected chi connectivity index (χ2v) is 8.65. The molecule has 0 spiro atoms. The van der Waals surface area contributed by atoms with Gasteiger partial charge in [0.2, 0.25) is 0 Å². The van der Waals surface area contributed by atoms with Crippen LogP contribution >= 0.6 is 0 Å². The van der Waals surface area contributed by atoms with Crippen molar-refractivity contribution in [1.29, 1.82) is 0 Å². The third-order valence-electron chi connectivity index (χ3n) is 5.73. The molecule has 1 saturated heterocycles. The summed E-state index contributed by atoms with van der Waals surface area (Å²) in [5.41, 5.74) is 0.490. The Morgan fingerprint density at radius 3 is 1.88 bits per heavy atom. The van der Waals surface area contributed by atoms with Gasteiger partial charge in [-0.05, 0) is 67.8 Å². The van der Waals surface area contributed by atoms with E-state index in [-0.39, 0.29) is 5.97 Å². The minimum absolute atomic E-state index is 0.389. The molecule has 1 aliphatic heterocycles. The molecule has 1 fully saturated rings. The van der Waals surface area contributed by atoms with Crippen molar-refractivity contribution in [1.82, 2.24) is 0 Å². The Bertz CT molecular complexity index is 796. The fourth-order valence-electron chi connectivity index (χ4n) is 3.62. The molecule has 3 rings (SSSR count). The van der Waals surface area contributed by atoms with Gasteiger partial charge >= 0.3 is 5.97 Å².